The number of urea groups is 1. The van der Waals surface area contributed by atoms with Gasteiger partial charge in [-0.3, -0.25) is 4.79 Å². The number of carbonyl (C=O) groups is 2. The number of amides is 3. The molecule has 0 radical (unpaired) electrons. The third-order valence-corrected chi connectivity index (χ3v) is 5.08. The Labute approximate surface area is 173 Å². The maximum absolute atomic E-state index is 13.4. The normalized spacial score (nSPS) is 16.1. The van der Waals surface area contributed by atoms with Crippen LogP contribution in [0.2, 0.25) is 0 Å². The second-order valence-electron chi connectivity index (χ2n) is 8.41. The minimum Gasteiger partial charge on any atom is -0.348 e. The van der Waals surface area contributed by atoms with Crippen molar-refractivity contribution < 1.29 is 9.59 Å². The van der Waals surface area contributed by atoms with Crippen molar-refractivity contribution in [3.8, 4) is 0 Å². The number of carbonyl (C=O) groups excluding carboxylic acids is 2. The highest BCUT2D eigenvalue weighted by molar-refractivity contribution is 5.85. The second kappa shape index (κ2) is 9.16. The smallest absolute Gasteiger partial charge is 0.318 e. The van der Waals surface area contributed by atoms with Gasteiger partial charge in [-0.2, -0.15) is 0 Å². The van der Waals surface area contributed by atoms with E-state index in [1.165, 1.54) is 0 Å². The maximum Gasteiger partial charge on any atom is 0.318 e. The number of hydrogen-bond donors (Lipinski definition) is 1. The average Bonchev–Trinajstić information content (AvgIpc) is 3.15. The van der Waals surface area contributed by atoms with Gasteiger partial charge in [0.25, 0.3) is 0 Å². The average molecular weight is 397 g/mol. The van der Waals surface area contributed by atoms with E-state index in [2.05, 4.69) is 48.1 Å². The minimum atomic E-state index is -0.182. The molecule has 6 heteroatoms. The molecule has 3 rings (SSSR count). The Morgan fingerprint density at radius 2 is 1.79 bits per heavy atom. The summed E-state index contributed by atoms with van der Waals surface area (Å²) in [7, 11) is 0. The molecular formula is C23H32N4O2. The highest BCUT2D eigenvalue weighted by Gasteiger charge is 2.33. The fourth-order valence-electron chi connectivity index (χ4n) is 3.89. The van der Waals surface area contributed by atoms with E-state index in [1.54, 1.807) is 4.90 Å². The molecule has 0 bridgehead atoms. The SMILES string of the molecule is CC(C)CN(CC(=O)N1CCn2cccc2C1c1ccccc1)C(=O)NC(C)C. The lowest BCUT2D eigenvalue weighted by Gasteiger charge is -2.38. The first-order chi connectivity index (χ1) is 13.9. The number of aromatic nitrogens is 1. The van der Waals surface area contributed by atoms with Gasteiger partial charge < -0.3 is 19.7 Å². The van der Waals surface area contributed by atoms with Crippen molar-refractivity contribution >= 4 is 11.9 Å². The summed E-state index contributed by atoms with van der Waals surface area (Å²) >= 11 is 0. The minimum absolute atomic E-state index is 0.0224. The van der Waals surface area contributed by atoms with E-state index in [0.29, 0.717) is 13.1 Å². The molecule has 1 unspecified atom stereocenters. The van der Waals surface area contributed by atoms with Gasteiger partial charge in [0, 0.05) is 37.6 Å². The standard InChI is InChI=1S/C23H32N4O2/c1-17(2)15-26(23(29)24-18(3)4)16-21(28)27-14-13-25-12-8-11-20(25)22(27)19-9-6-5-7-10-19/h5-12,17-18,22H,13-16H2,1-4H3,(H,24,29). The highest BCUT2D eigenvalue weighted by Crippen LogP contribution is 2.32. The van der Waals surface area contributed by atoms with E-state index in [-0.39, 0.29) is 36.5 Å². The van der Waals surface area contributed by atoms with Crippen molar-refractivity contribution in [1.82, 2.24) is 19.7 Å². The molecule has 6 nitrogen and oxygen atoms in total. The van der Waals surface area contributed by atoms with E-state index in [0.717, 1.165) is 17.8 Å². The van der Waals surface area contributed by atoms with Crippen molar-refractivity contribution in [2.45, 2.75) is 46.3 Å². The molecule has 156 valence electrons. The molecule has 0 saturated heterocycles. The fourth-order valence-corrected chi connectivity index (χ4v) is 3.89. The molecule has 1 aliphatic rings. The molecule has 1 atom stereocenters. The summed E-state index contributed by atoms with van der Waals surface area (Å²) in [6, 6.07) is 13.9. The van der Waals surface area contributed by atoms with Gasteiger partial charge in [-0.15, -0.1) is 0 Å². The van der Waals surface area contributed by atoms with Crippen molar-refractivity contribution in [3.63, 3.8) is 0 Å². The van der Waals surface area contributed by atoms with Crippen molar-refractivity contribution in [2.75, 3.05) is 19.6 Å². The molecule has 1 aromatic carbocycles. The van der Waals surface area contributed by atoms with Crippen LogP contribution in [0.25, 0.3) is 0 Å². The summed E-state index contributed by atoms with van der Waals surface area (Å²) in [5, 5.41) is 2.92. The largest absolute Gasteiger partial charge is 0.348 e. The Morgan fingerprint density at radius 3 is 2.45 bits per heavy atom. The first-order valence-corrected chi connectivity index (χ1v) is 10.4. The Kier molecular flexibility index (Phi) is 6.62. The van der Waals surface area contributed by atoms with Gasteiger partial charge in [-0.05, 0) is 37.5 Å². The van der Waals surface area contributed by atoms with Gasteiger partial charge in [-0.1, -0.05) is 44.2 Å². The van der Waals surface area contributed by atoms with Crippen molar-refractivity contribution in [2.24, 2.45) is 5.92 Å². The fraction of sp³-hybridized carbons (Fsp3) is 0.478. The predicted molar refractivity (Wildman–Crippen MR) is 115 cm³/mol. The van der Waals surface area contributed by atoms with Gasteiger partial charge in [0.05, 0.1) is 6.04 Å². The number of benzene rings is 1. The summed E-state index contributed by atoms with van der Waals surface area (Å²) in [6.45, 7) is 9.99. The zero-order chi connectivity index (χ0) is 21.0. The van der Waals surface area contributed by atoms with Crippen LogP contribution in [0.4, 0.5) is 4.79 Å². The molecule has 3 amide bonds. The summed E-state index contributed by atoms with van der Waals surface area (Å²) in [6.07, 6.45) is 2.06. The van der Waals surface area contributed by atoms with Crippen LogP contribution in [-0.4, -0.2) is 52.0 Å². The Balaban J connectivity index is 1.84. The van der Waals surface area contributed by atoms with Gasteiger partial charge in [0.1, 0.15) is 6.54 Å². The van der Waals surface area contributed by atoms with Crippen LogP contribution in [0, 0.1) is 5.92 Å². The van der Waals surface area contributed by atoms with Gasteiger partial charge in [0.15, 0.2) is 0 Å². The lowest BCUT2D eigenvalue weighted by atomic mass is 10.00. The van der Waals surface area contributed by atoms with E-state index in [4.69, 9.17) is 0 Å². The van der Waals surface area contributed by atoms with Crippen LogP contribution in [-0.2, 0) is 11.3 Å². The molecule has 29 heavy (non-hydrogen) atoms. The van der Waals surface area contributed by atoms with Crippen molar-refractivity contribution in [3.05, 3.63) is 59.9 Å². The van der Waals surface area contributed by atoms with E-state index < -0.39 is 0 Å². The van der Waals surface area contributed by atoms with Crippen molar-refractivity contribution in [1.29, 1.82) is 0 Å². The summed E-state index contributed by atoms with van der Waals surface area (Å²) < 4.78 is 2.21. The van der Waals surface area contributed by atoms with Gasteiger partial charge in [0.2, 0.25) is 5.91 Å². The van der Waals surface area contributed by atoms with Crippen LogP contribution in [0.3, 0.4) is 0 Å². The Hall–Kier alpha value is -2.76. The number of nitrogens with zero attached hydrogens (tertiary/aromatic N) is 3. The summed E-state index contributed by atoms with van der Waals surface area (Å²) in [4.78, 5) is 29.6. The van der Waals surface area contributed by atoms with E-state index in [9.17, 15) is 9.59 Å². The van der Waals surface area contributed by atoms with Gasteiger partial charge in [-0.25, -0.2) is 4.79 Å². The first-order valence-electron chi connectivity index (χ1n) is 10.4. The molecule has 2 heterocycles. The van der Waals surface area contributed by atoms with Crippen LogP contribution in [0.15, 0.2) is 48.7 Å². The molecule has 1 aliphatic heterocycles. The van der Waals surface area contributed by atoms with E-state index >= 15 is 0 Å². The van der Waals surface area contributed by atoms with Crippen LogP contribution >= 0.6 is 0 Å². The van der Waals surface area contributed by atoms with Crippen LogP contribution in [0.1, 0.15) is 45.0 Å². The lowest BCUT2D eigenvalue weighted by Crippen LogP contribution is -2.51. The molecule has 0 aliphatic carbocycles. The Morgan fingerprint density at radius 1 is 1.07 bits per heavy atom. The van der Waals surface area contributed by atoms with Crippen LogP contribution in [0.5, 0.6) is 0 Å². The first kappa shape index (κ1) is 21.0. The zero-order valence-electron chi connectivity index (χ0n) is 17.8. The number of fused-ring (bicyclic) bond motifs is 1. The topological polar surface area (TPSA) is 57.6 Å². The zero-order valence-corrected chi connectivity index (χ0v) is 17.8. The lowest BCUT2D eigenvalue weighted by molar-refractivity contribution is -0.134. The monoisotopic (exact) mass is 396 g/mol. The predicted octanol–water partition coefficient (Wildman–Crippen LogP) is 3.50. The molecule has 1 aromatic heterocycles. The number of rotatable bonds is 6. The third kappa shape index (κ3) is 5.00. The third-order valence-electron chi connectivity index (χ3n) is 5.08. The summed E-state index contributed by atoms with van der Waals surface area (Å²) in [5.41, 5.74) is 2.19. The Bertz CT molecular complexity index is 828. The van der Waals surface area contributed by atoms with Crippen LogP contribution < -0.4 is 5.32 Å². The van der Waals surface area contributed by atoms with Gasteiger partial charge >= 0.3 is 6.03 Å². The molecule has 0 fully saturated rings. The maximum atomic E-state index is 13.4. The highest BCUT2D eigenvalue weighted by atomic mass is 16.2. The van der Waals surface area contributed by atoms with E-state index in [1.807, 2.05) is 43.0 Å². The number of hydrogen-bond acceptors (Lipinski definition) is 2. The molecule has 2 aromatic rings. The molecule has 0 saturated carbocycles. The molecule has 1 N–H and O–H groups in total. The quantitative estimate of drug-likeness (QED) is 0.813. The summed E-state index contributed by atoms with van der Waals surface area (Å²) in [5.74, 6) is 0.259. The second-order valence-corrected chi connectivity index (χ2v) is 8.41. The molecule has 0 spiro atoms. The molecular weight excluding hydrogens is 364 g/mol. The number of nitrogens with one attached hydrogen (secondary N) is 1.